The Balaban J connectivity index is 2.33. The number of nitrogens with zero attached hydrogens (tertiary/aromatic N) is 1. The van der Waals surface area contributed by atoms with Crippen LogP contribution in [-0.4, -0.2) is 64.2 Å². The molecule has 0 aliphatic heterocycles. The third kappa shape index (κ3) is 8.72. The molecule has 7 nitrogen and oxygen atoms in total. The first-order valence-electron chi connectivity index (χ1n) is 8.03. The molecule has 0 aliphatic carbocycles. The standard InChI is InChI=1S/C17H26ClN3O4/c1-21(12-17(23)19-8-4-10-24-2)9-7-16(22)20-14-11-13(18)5-6-15(14)25-3/h5-6,11H,4,7-10,12H2,1-3H3,(H,19,23)(H,20,22). The lowest BCUT2D eigenvalue weighted by molar-refractivity contribution is -0.122. The smallest absolute Gasteiger partial charge is 0.234 e. The first-order chi connectivity index (χ1) is 12.0. The van der Waals surface area contributed by atoms with Crippen LogP contribution in [0.4, 0.5) is 5.69 Å². The van der Waals surface area contributed by atoms with E-state index in [0.717, 1.165) is 6.42 Å². The maximum atomic E-state index is 12.1. The molecule has 2 amide bonds. The number of nitrogens with one attached hydrogen (secondary N) is 2. The molecule has 0 radical (unpaired) electrons. The summed E-state index contributed by atoms with van der Waals surface area (Å²) in [6.45, 7) is 1.89. The fourth-order valence-electron chi connectivity index (χ4n) is 2.11. The fourth-order valence-corrected chi connectivity index (χ4v) is 2.28. The first kappa shape index (κ1) is 21.2. The van der Waals surface area contributed by atoms with E-state index in [-0.39, 0.29) is 24.8 Å². The Kier molecular flexibility index (Phi) is 9.91. The normalized spacial score (nSPS) is 10.6. The van der Waals surface area contributed by atoms with Crippen LogP contribution in [0.15, 0.2) is 18.2 Å². The summed E-state index contributed by atoms with van der Waals surface area (Å²) >= 11 is 5.94. The van der Waals surface area contributed by atoms with Gasteiger partial charge in [-0.3, -0.25) is 14.5 Å². The van der Waals surface area contributed by atoms with Gasteiger partial charge in [-0.05, 0) is 31.7 Å². The first-order valence-corrected chi connectivity index (χ1v) is 8.41. The summed E-state index contributed by atoms with van der Waals surface area (Å²) in [6.07, 6.45) is 1.03. The highest BCUT2D eigenvalue weighted by molar-refractivity contribution is 6.31. The van der Waals surface area contributed by atoms with Crippen molar-refractivity contribution in [3.05, 3.63) is 23.2 Å². The number of ether oxygens (including phenoxy) is 2. The molecule has 0 saturated carbocycles. The van der Waals surface area contributed by atoms with Gasteiger partial charge in [0.1, 0.15) is 5.75 Å². The van der Waals surface area contributed by atoms with Crippen molar-refractivity contribution in [3.63, 3.8) is 0 Å². The number of rotatable bonds is 11. The van der Waals surface area contributed by atoms with E-state index in [1.165, 1.54) is 7.11 Å². The predicted molar refractivity (Wildman–Crippen MR) is 98.3 cm³/mol. The summed E-state index contributed by atoms with van der Waals surface area (Å²) in [6, 6.07) is 5.02. The molecule has 0 bridgehead atoms. The van der Waals surface area contributed by atoms with Gasteiger partial charge in [0.2, 0.25) is 11.8 Å². The van der Waals surface area contributed by atoms with Gasteiger partial charge in [0.15, 0.2) is 0 Å². The minimum Gasteiger partial charge on any atom is -0.495 e. The topological polar surface area (TPSA) is 79.9 Å². The fraction of sp³-hybridized carbons (Fsp3) is 0.529. The lowest BCUT2D eigenvalue weighted by Crippen LogP contribution is -2.37. The zero-order chi connectivity index (χ0) is 18.7. The van der Waals surface area contributed by atoms with E-state index in [2.05, 4.69) is 10.6 Å². The van der Waals surface area contributed by atoms with E-state index in [1.54, 1.807) is 37.3 Å². The molecule has 25 heavy (non-hydrogen) atoms. The van der Waals surface area contributed by atoms with Gasteiger partial charge in [-0.1, -0.05) is 11.6 Å². The Morgan fingerprint density at radius 2 is 2.00 bits per heavy atom. The molecule has 0 fully saturated rings. The van der Waals surface area contributed by atoms with Gasteiger partial charge in [-0.25, -0.2) is 0 Å². The second-order valence-electron chi connectivity index (χ2n) is 5.58. The molecule has 0 aliphatic rings. The van der Waals surface area contributed by atoms with Crippen LogP contribution in [0.2, 0.25) is 5.02 Å². The molecule has 0 unspecified atom stereocenters. The van der Waals surface area contributed by atoms with Crippen molar-refractivity contribution in [1.29, 1.82) is 0 Å². The quantitative estimate of drug-likeness (QED) is 0.579. The summed E-state index contributed by atoms with van der Waals surface area (Å²) in [7, 11) is 4.94. The van der Waals surface area contributed by atoms with Crippen LogP contribution in [0.25, 0.3) is 0 Å². The zero-order valence-corrected chi connectivity index (χ0v) is 15.7. The van der Waals surface area contributed by atoms with Gasteiger partial charge in [0.25, 0.3) is 0 Å². The SMILES string of the molecule is COCCCNC(=O)CN(C)CCC(=O)Nc1cc(Cl)ccc1OC. The van der Waals surface area contributed by atoms with Crippen molar-refractivity contribution in [2.24, 2.45) is 0 Å². The van der Waals surface area contributed by atoms with Crippen LogP contribution in [0, 0.1) is 0 Å². The number of likely N-dealkylation sites (N-methyl/N-ethyl adjacent to an activating group) is 1. The van der Waals surface area contributed by atoms with Gasteiger partial charge < -0.3 is 20.1 Å². The largest absolute Gasteiger partial charge is 0.495 e. The average Bonchev–Trinajstić information content (AvgIpc) is 2.57. The maximum Gasteiger partial charge on any atom is 0.234 e. The Bertz CT molecular complexity index is 569. The molecular formula is C17H26ClN3O4. The lowest BCUT2D eigenvalue weighted by Gasteiger charge is -2.16. The molecule has 2 N–H and O–H groups in total. The maximum absolute atomic E-state index is 12.1. The van der Waals surface area contributed by atoms with Crippen LogP contribution in [0.3, 0.4) is 0 Å². The second-order valence-corrected chi connectivity index (χ2v) is 6.01. The number of amides is 2. The average molecular weight is 372 g/mol. The summed E-state index contributed by atoms with van der Waals surface area (Å²) in [4.78, 5) is 25.6. The molecule has 0 atom stereocenters. The Morgan fingerprint density at radius 3 is 2.68 bits per heavy atom. The van der Waals surface area contributed by atoms with Gasteiger partial charge in [0.05, 0.1) is 19.3 Å². The highest BCUT2D eigenvalue weighted by Gasteiger charge is 2.11. The van der Waals surface area contributed by atoms with Crippen LogP contribution in [0.1, 0.15) is 12.8 Å². The highest BCUT2D eigenvalue weighted by atomic mass is 35.5. The van der Waals surface area contributed by atoms with E-state index >= 15 is 0 Å². The monoisotopic (exact) mass is 371 g/mol. The van der Waals surface area contributed by atoms with E-state index < -0.39 is 0 Å². The molecule has 8 heteroatoms. The van der Waals surface area contributed by atoms with Crippen molar-refractivity contribution in [2.75, 3.05) is 52.8 Å². The minimum absolute atomic E-state index is 0.0736. The van der Waals surface area contributed by atoms with Crippen molar-refractivity contribution >= 4 is 29.1 Å². The number of benzene rings is 1. The molecule has 0 aromatic heterocycles. The van der Waals surface area contributed by atoms with Gasteiger partial charge >= 0.3 is 0 Å². The van der Waals surface area contributed by atoms with E-state index in [9.17, 15) is 9.59 Å². The summed E-state index contributed by atoms with van der Waals surface area (Å²) in [5.41, 5.74) is 0.526. The van der Waals surface area contributed by atoms with Crippen LogP contribution in [-0.2, 0) is 14.3 Å². The second kappa shape index (κ2) is 11.7. The van der Waals surface area contributed by atoms with E-state index in [0.29, 0.717) is 36.2 Å². The number of halogens is 1. The summed E-state index contributed by atoms with van der Waals surface area (Å²) in [5, 5.41) is 6.09. The molecule has 1 rings (SSSR count). The van der Waals surface area contributed by atoms with Gasteiger partial charge in [0, 0.05) is 38.2 Å². The number of anilines is 1. The van der Waals surface area contributed by atoms with Gasteiger partial charge in [-0.15, -0.1) is 0 Å². The van der Waals surface area contributed by atoms with Crippen LogP contribution >= 0.6 is 11.6 Å². The number of hydrogen-bond donors (Lipinski definition) is 2. The van der Waals surface area contributed by atoms with Crippen molar-refractivity contribution in [1.82, 2.24) is 10.2 Å². The molecular weight excluding hydrogens is 346 g/mol. The predicted octanol–water partition coefficient (Wildman–Crippen LogP) is 1.76. The molecule has 1 aromatic carbocycles. The summed E-state index contributed by atoms with van der Waals surface area (Å²) in [5.74, 6) is 0.296. The van der Waals surface area contributed by atoms with Crippen molar-refractivity contribution in [3.8, 4) is 5.75 Å². The van der Waals surface area contributed by atoms with E-state index in [4.69, 9.17) is 21.1 Å². The van der Waals surface area contributed by atoms with Crippen LogP contribution < -0.4 is 15.4 Å². The van der Waals surface area contributed by atoms with Crippen molar-refractivity contribution < 1.29 is 19.1 Å². The highest BCUT2D eigenvalue weighted by Crippen LogP contribution is 2.27. The molecule has 140 valence electrons. The van der Waals surface area contributed by atoms with Crippen molar-refractivity contribution in [2.45, 2.75) is 12.8 Å². The molecule has 0 spiro atoms. The number of carbonyl (C=O) groups is 2. The number of carbonyl (C=O) groups excluding carboxylic acids is 2. The Labute approximate surface area is 153 Å². The molecule has 0 heterocycles. The van der Waals surface area contributed by atoms with E-state index in [1.807, 2.05) is 0 Å². The zero-order valence-electron chi connectivity index (χ0n) is 14.9. The third-order valence-electron chi connectivity index (χ3n) is 3.42. The van der Waals surface area contributed by atoms with Crippen LogP contribution in [0.5, 0.6) is 5.75 Å². The number of hydrogen-bond acceptors (Lipinski definition) is 5. The Morgan fingerprint density at radius 1 is 1.24 bits per heavy atom. The third-order valence-corrected chi connectivity index (χ3v) is 3.65. The lowest BCUT2D eigenvalue weighted by atomic mass is 10.2. The molecule has 0 saturated heterocycles. The molecule has 1 aromatic rings. The Hall–Kier alpha value is -1.83. The minimum atomic E-state index is -0.173. The summed E-state index contributed by atoms with van der Waals surface area (Å²) < 4.78 is 10.1. The van der Waals surface area contributed by atoms with Gasteiger partial charge in [-0.2, -0.15) is 0 Å². The number of methoxy groups -OCH3 is 2.